The first kappa shape index (κ1) is 18.3. The van der Waals surface area contributed by atoms with Crippen molar-refractivity contribution in [3.05, 3.63) is 38.4 Å². The second-order valence-electron chi connectivity index (χ2n) is 7.40. The molecule has 0 amide bonds. The van der Waals surface area contributed by atoms with Crippen LogP contribution in [0.3, 0.4) is 0 Å². The summed E-state index contributed by atoms with van der Waals surface area (Å²) in [6, 6.07) is 3.60. The molecule has 8 heteroatoms. The zero-order valence-electron chi connectivity index (χ0n) is 14.9. The van der Waals surface area contributed by atoms with Crippen molar-refractivity contribution in [2.75, 3.05) is 5.43 Å². The highest BCUT2D eigenvalue weighted by Gasteiger charge is 2.43. The fraction of sp³-hybridized carbons (Fsp3) is 0.611. The Hall–Kier alpha value is -2.51. The predicted molar refractivity (Wildman–Crippen MR) is 99.3 cm³/mol. The van der Waals surface area contributed by atoms with Crippen molar-refractivity contribution in [1.29, 1.82) is 0 Å². The maximum atomic E-state index is 11.3. The molecule has 0 aliphatic heterocycles. The van der Waals surface area contributed by atoms with Gasteiger partial charge < -0.3 is 0 Å². The summed E-state index contributed by atoms with van der Waals surface area (Å²) in [4.78, 5) is 20.9. The Labute approximate surface area is 152 Å². The Balaban J connectivity index is 1.90. The molecule has 1 atom stereocenters. The molecule has 0 bridgehead atoms. The third kappa shape index (κ3) is 3.40. The zero-order chi connectivity index (χ0) is 18.7. The number of benzene rings is 1. The lowest BCUT2D eigenvalue weighted by molar-refractivity contribution is -0.393. The largest absolute Gasteiger partial charge is 0.301 e. The summed E-state index contributed by atoms with van der Waals surface area (Å²) in [6.07, 6.45) is 9.06. The molecule has 2 aliphatic rings. The lowest BCUT2D eigenvalue weighted by atomic mass is 9.59. The van der Waals surface area contributed by atoms with E-state index in [9.17, 15) is 20.2 Å². The number of nitrogens with one attached hydrogen (secondary N) is 1. The number of rotatable bonds is 4. The van der Waals surface area contributed by atoms with Crippen LogP contribution in [0.5, 0.6) is 0 Å². The number of hydrogen-bond acceptors (Lipinski definition) is 6. The van der Waals surface area contributed by atoms with Crippen LogP contribution < -0.4 is 5.43 Å². The number of nitrogens with zero attached hydrogens (tertiary/aromatic N) is 3. The maximum Gasteiger partial charge on any atom is 0.301 e. The predicted octanol–water partition coefficient (Wildman–Crippen LogP) is 5.04. The van der Waals surface area contributed by atoms with Crippen LogP contribution >= 0.6 is 0 Å². The van der Waals surface area contributed by atoms with Gasteiger partial charge in [-0.25, -0.2) is 0 Å². The molecule has 8 nitrogen and oxygen atoms in total. The Bertz CT molecular complexity index is 741. The second kappa shape index (κ2) is 7.39. The summed E-state index contributed by atoms with van der Waals surface area (Å²) < 4.78 is 0. The van der Waals surface area contributed by atoms with Crippen LogP contribution in [-0.4, -0.2) is 15.6 Å². The normalized spacial score (nSPS) is 23.7. The number of non-ortho nitro benzene ring substituents is 1. The monoisotopic (exact) mass is 360 g/mol. The molecule has 0 heterocycles. The van der Waals surface area contributed by atoms with Crippen molar-refractivity contribution in [1.82, 2.24) is 0 Å². The number of hydrazone groups is 1. The van der Waals surface area contributed by atoms with Crippen LogP contribution in [0.1, 0.15) is 58.3 Å². The van der Waals surface area contributed by atoms with E-state index in [-0.39, 0.29) is 22.5 Å². The highest BCUT2D eigenvalue weighted by molar-refractivity contribution is 5.92. The van der Waals surface area contributed by atoms with Gasteiger partial charge in [0.15, 0.2) is 0 Å². The molecule has 1 aromatic rings. The second-order valence-corrected chi connectivity index (χ2v) is 7.40. The Morgan fingerprint density at radius 1 is 1.12 bits per heavy atom. The number of anilines is 1. The first-order valence-corrected chi connectivity index (χ1v) is 9.20. The van der Waals surface area contributed by atoms with Crippen molar-refractivity contribution in [3.8, 4) is 0 Å². The van der Waals surface area contributed by atoms with Crippen molar-refractivity contribution in [2.24, 2.45) is 16.4 Å². The lowest BCUT2D eigenvalue weighted by Crippen LogP contribution is -2.42. The Morgan fingerprint density at radius 2 is 1.85 bits per heavy atom. The molecular formula is C18H24N4O4. The van der Waals surface area contributed by atoms with Gasteiger partial charge in [-0.3, -0.25) is 25.7 Å². The van der Waals surface area contributed by atoms with Gasteiger partial charge in [0.25, 0.3) is 5.69 Å². The lowest BCUT2D eigenvalue weighted by Gasteiger charge is -2.46. The summed E-state index contributed by atoms with van der Waals surface area (Å²) in [5, 5.41) is 26.7. The van der Waals surface area contributed by atoms with Crippen molar-refractivity contribution in [2.45, 2.75) is 58.3 Å². The van der Waals surface area contributed by atoms with E-state index in [1.165, 1.54) is 37.8 Å². The Kier molecular flexibility index (Phi) is 5.20. The van der Waals surface area contributed by atoms with Crippen LogP contribution in [-0.2, 0) is 0 Å². The highest BCUT2D eigenvalue weighted by Crippen LogP contribution is 2.49. The molecule has 2 saturated carbocycles. The average Bonchev–Trinajstić information content (AvgIpc) is 2.63. The fourth-order valence-corrected chi connectivity index (χ4v) is 4.52. The third-order valence-corrected chi connectivity index (χ3v) is 6.01. The molecule has 1 unspecified atom stereocenters. The van der Waals surface area contributed by atoms with Gasteiger partial charge in [0.1, 0.15) is 5.69 Å². The first-order chi connectivity index (χ1) is 12.4. The number of hydrogen-bond donors (Lipinski definition) is 1. The minimum absolute atomic E-state index is 0.0963. The molecule has 0 aromatic heterocycles. The third-order valence-electron chi connectivity index (χ3n) is 6.01. The summed E-state index contributed by atoms with van der Waals surface area (Å²) >= 11 is 0. The van der Waals surface area contributed by atoms with Gasteiger partial charge in [-0.15, -0.1) is 0 Å². The van der Waals surface area contributed by atoms with E-state index in [0.717, 1.165) is 37.5 Å². The van der Waals surface area contributed by atoms with E-state index in [4.69, 9.17) is 0 Å². The maximum absolute atomic E-state index is 11.3. The Morgan fingerprint density at radius 3 is 2.50 bits per heavy atom. The van der Waals surface area contributed by atoms with Crippen LogP contribution in [0.4, 0.5) is 17.1 Å². The quantitative estimate of drug-likeness (QED) is 0.597. The van der Waals surface area contributed by atoms with Crippen LogP contribution in [0.2, 0.25) is 0 Å². The smallest absolute Gasteiger partial charge is 0.272 e. The molecule has 0 saturated heterocycles. The molecule has 140 valence electrons. The van der Waals surface area contributed by atoms with Gasteiger partial charge in [-0.05, 0) is 44.1 Å². The van der Waals surface area contributed by atoms with E-state index in [2.05, 4.69) is 17.5 Å². The number of nitro benzene ring substituents is 2. The highest BCUT2D eigenvalue weighted by atomic mass is 16.6. The minimum Gasteiger partial charge on any atom is -0.272 e. The van der Waals surface area contributed by atoms with Gasteiger partial charge in [-0.2, -0.15) is 5.10 Å². The molecule has 1 spiro atoms. The van der Waals surface area contributed by atoms with Crippen molar-refractivity contribution in [3.63, 3.8) is 0 Å². The summed E-state index contributed by atoms with van der Waals surface area (Å²) in [5.74, 6) is 0.559. The van der Waals surface area contributed by atoms with E-state index in [0.29, 0.717) is 5.92 Å². The van der Waals surface area contributed by atoms with Gasteiger partial charge >= 0.3 is 5.69 Å². The fourth-order valence-electron chi connectivity index (χ4n) is 4.52. The molecule has 2 fully saturated rings. The topological polar surface area (TPSA) is 111 Å². The zero-order valence-corrected chi connectivity index (χ0v) is 14.9. The molecule has 26 heavy (non-hydrogen) atoms. The van der Waals surface area contributed by atoms with Gasteiger partial charge in [0.05, 0.1) is 15.9 Å². The minimum atomic E-state index is -0.636. The van der Waals surface area contributed by atoms with E-state index in [1.807, 2.05) is 0 Å². The van der Waals surface area contributed by atoms with E-state index < -0.39 is 9.85 Å². The molecular weight excluding hydrogens is 336 g/mol. The summed E-state index contributed by atoms with van der Waals surface area (Å²) in [6.45, 7) is 2.29. The molecule has 2 aliphatic carbocycles. The molecule has 0 radical (unpaired) electrons. The van der Waals surface area contributed by atoms with Gasteiger partial charge in [0.2, 0.25) is 0 Å². The van der Waals surface area contributed by atoms with Gasteiger partial charge in [0, 0.05) is 17.2 Å². The first-order valence-electron chi connectivity index (χ1n) is 9.20. The van der Waals surface area contributed by atoms with Crippen molar-refractivity contribution >= 4 is 22.8 Å². The van der Waals surface area contributed by atoms with Crippen molar-refractivity contribution < 1.29 is 9.85 Å². The summed E-state index contributed by atoms with van der Waals surface area (Å²) in [5.41, 5.74) is 3.61. The van der Waals surface area contributed by atoms with Crippen LogP contribution in [0.15, 0.2) is 23.3 Å². The van der Waals surface area contributed by atoms with E-state index in [1.54, 1.807) is 0 Å². The number of nitro groups is 2. The van der Waals surface area contributed by atoms with Crippen LogP contribution in [0.25, 0.3) is 0 Å². The van der Waals surface area contributed by atoms with E-state index >= 15 is 0 Å². The SMILES string of the molecule is CC1CCCC(=NNc2ccc([N+](=O)[O-])cc2[N+](=O)[O-])C12CCCCC2. The van der Waals surface area contributed by atoms with Crippen LogP contribution in [0, 0.1) is 31.6 Å². The molecule has 1 N–H and O–H groups in total. The molecule has 3 rings (SSSR count). The van der Waals surface area contributed by atoms with Gasteiger partial charge in [-0.1, -0.05) is 26.2 Å². The molecule has 1 aromatic carbocycles. The average molecular weight is 360 g/mol. The summed E-state index contributed by atoms with van der Waals surface area (Å²) in [7, 11) is 0. The standard InChI is InChI=1S/C18H24N4O4/c1-13-6-5-7-17(18(13)10-3-2-4-11-18)20-19-15-9-8-14(21(23)24)12-16(15)22(25)26/h8-9,12-13,19H,2-7,10-11H2,1H3.